The predicted octanol–water partition coefficient (Wildman–Crippen LogP) is 2.79. The second-order valence-corrected chi connectivity index (χ2v) is 4.29. The van der Waals surface area contributed by atoms with E-state index in [-0.39, 0.29) is 0 Å². The molecular formula is C12H18N2O. The van der Waals surface area contributed by atoms with Gasteiger partial charge in [0.25, 0.3) is 0 Å². The first-order chi connectivity index (χ1) is 7.22. The molecule has 1 aliphatic carbocycles. The number of hydrogen-bond acceptors (Lipinski definition) is 3. The number of pyridine rings is 1. The molecule has 1 heterocycles. The first-order valence-corrected chi connectivity index (χ1v) is 5.55. The molecule has 1 aromatic rings. The molecule has 3 nitrogen and oxygen atoms in total. The second-order valence-electron chi connectivity index (χ2n) is 4.29. The lowest BCUT2D eigenvalue weighted by Gasteiger charge is -2.16. The van der Waals surface area contributed by atoms with Crippen LogP contribution in [0.4, 0.5) is 5.82 Å². The summed E-state index contributed by atoms with van der Waals surface area (Å²) < 4.78 is 5.88. The van der Waals surface area contributed by atoms with Gasteiger partial charge in [-0.05, 0) is 24.8 Å². The van der Waals surface area contributed by atoms with Gasteiger partial charge >= 0.3 is 0 Å². The van der Waals surface area contributed by atoms with Gasteiger partial charge in [-0.2, -0.15) is 0 Å². The molecule has 1 aromatic heterocycles. The summed E-state index contributed by atoms with van der Waals surface area (Å²) in [6, 6.07) is 1.97. The second kappa shape index (κ2) is 4.09. The van der Waals surface area contributed by atoms with Gasteiger partial charge in [0.15, 0.2) is 0 Å². The zero-order valence-corrected chi connectivity index (χ0v) is 9.58. The lowest BCUT2D eigenvalue weighted by Crippen LogP contribution is -2.05. The van der Waals surface area contributed by atoms with E-state index in [1.165, 1.54) is 18.4 Å². The Morgan fingerprint density at radius 1 is 1.47 bits per heavy atom. The van der Waals surface area contributed by atoms with E-state index in [0.717, 1.165) is 11.6 Å². The van der Waals surface area contributed by atoms with Gasteiger partial charge in [0.2, 0.25) is 0 Å². The molecule has 1 aliphatic rings. The highest BCUT2D eigenvalue weighted by atomic mass is 16.5. The third-order valence-electron chi connectivity index (χ3n) is 2.58. The molecule has 1 N–H and O–H groups in total. The van der Waals surface area contributed by atoms with Gasteiger partial charge in [0.1, 0.15) is 11.6 Å². The topological polar surface area (TPSA) is 34.2 Å². The highest BCUT2D eigenvalue weighted by molar-refractivity contribution is 5.53. The van der Waals surface area contributed by atoms with Gasteiger partial charge in [0, 0.05) is 18.8 Å². The van der Waals surface area contributed by atoms with Crippen molar-refractivity contribution in [3.05, 3.63) is 17.8 Å². The summed E-state index contributed by atoms with van der Waals surface area (Å²) in [7, 11) is 1.90. The van der Waals surface area contributed by atoms with E-state index in [1.807, 2.05) is 13.1 Å². The number of nitrogens with one attached hydrogen (secondary N) is 1. The molecule has 0 amide bonds. The Balaban J connectivity index is 2.32. The minimum Gasteiger partial charge on any atom is -0.490 e. The van der Waals surface area contributed by atoms with Gasteiger partial charge in [-0.3, -0.25) is 0 Å². The Morgan fingerprint density at radius 3 is 2.73 bits per heavy atom. The van der Waals surface area contributed by atoms with Crippen LogP contribution in [0.15, 0.2) is 12.3 Å². The first kappa shape index (κ1) is 10.3. The van der Waals surface area contributed by atoms with Crippen molar-refractivity contribution in [3.63, 3.8) is 0 Å². The van der Waals surface area contributed by atoms with E-state index in [0.29, 0.717) is 12.0 Å². The van der Waals surface area contributed by atoms with Gasteiger partial charge < -0.3 is 10.1 Å². The van der Waals surface area contributed by atoms with Gasteiger partial charge in [-0.25, -0.2) is 4.98 Å². The minimum atomic E-state index is 0.426. The first-order valence-electron chi connectivity index (χ1n) is 5.55. The smallest absolute Gasteiger partial charge is 0.132 e. The summed E-state index contributed by atoms with van der Waals surface area (Å²) >= 11 is 0. The van der Waals surface area contributed by atoms with E-state index in [9.17, 15) is 0 Å². The molecule has 0 atom stereocenters. The maximum Gasteiger partial charge on any atom is 0.132 e. The van der Waals surface area contributed by atoms with E-state index < -0.39 is 0 Å². The third-order valence-corrected chi connectivity index (χ3v) is 2.58. The van der Waals surface area contributed by atoms with Gasteiger partial charge in [0.05, 0.1) is 6.10 Å². The van der Waals surface area contributed by atoms with E-state index >= 15 is 0 Å². The Morgan fingerprint density at radius 2 is 2.20 bits per heavy atom. The Labute approximate surface area is 90.9 Å². The lowest BCUT2D eigenvalue weighted by atomic mass is 10.0. The van der Waals surface area contributed by atoms with Crippen molar-refractivity contribution in [2.75, 3.05) is 12.4 Å². The summed E-state index contributed by atoms with van der Waals surface area (Å²) in [6.45, 7) is 4.33. The van der Waals surface area contributed by atoms with E-state index in [2.05, 4.69) is 24.1 Å². The molecule has 15 heavy (non-hydrogen) atoms. The minimum absolute atomic E-state index is 0.426. The number of anilines is 1. The third kappa shape index (κ3) is 2.22. The maximum atomic E-state index is 5.88. The summed E-state index contributed by atoms with van der Waals surface area (Å²) in [5.41, 5.74) is 1.19. The number of hydrogen-bond donors (Lipinski definition) is 1. The van der Waals surface area contributed by atoms with Crippen molar-refractivity contribution >= 4 is 5.82 Å². The van der Waals surface area contributed by atoms with Crippen molar-refractivity contribution in [2.24, 2.45) is 0 Å². The Kier molecular flexibility index (Phi) is 2.80. The average molecular weight is 206 g/mol. The van der Waals surface area contributed by atoms with Crippen LogP contribution in [0.2, 0.25) is 0 Å². The number of nitrogens with zero attached hydrogens (tertiary/aromatic N) is 1. The van der Waals surface area contributed by atoms with Crippen LogP contribution >= 0.6 is 0 Å². The molecule has 2 rings (SSSR count). The average Bonchev–Trinajstić information content (AvgIpc) is 3.01. The Bertz CT molecular complexity index is 345. The molecular weight excluding hydrogens is 188 g/mol. The largest absolute Gasteiger partial charge is 0.490 e. The molecule has 0 spiro atoms. The molecule has 0 unspecified atom stereocenters. The summed E-state index contributed by atoms with van der Waals surface area (Å²) in [6.07, 6.45) is 4.62. The fourth-order valence-corrected chi connectivity index (χ4v) is 1.68. The van der Waals surface area contributed by atoms with Crippen molar-refractivity contribution in [2.45, 2.75) is 38.7 Å². The number of aromatic nitrogens is 1. The molecule has 82 valence electrons. The standard InChI is InChI=1S/C12H18N2O/c1-8(2)11-10(15-9-4-5-9)6-7-14-12(11)13-3/h6-9H,4-5H2,1-3H3,(H,13,14). The van der Waals surface area contributed by atoms with E-state index in [1.54, 1.807) is 6.20 Å². The van der Waals surface area contributed by atoms with Crippen LogP contribution in [0, 0.1) is 0 Å². The normalized spacial score (nSPS) is 15.5. The molecule has 0 aromatic carbocycles. The van der Waals surface area contributed by atoms with Crippen LogP contribution < -0.4 is 10.1 Å². The van der Waals surface area contributed by atoms with Crippen molar-refractivity contribution in [1.29, 1.82) is 0 Å². The molecule has 0 bridgehead atoms. The van der Waals surface area contributed by atoms with Gasteiger partial charge in [-0.15, -0.1) is 0 Å². The molecule has 0 aliphatic heterocycles. The summed E-state index contributed by atoms with van der Waals surface area (Å²) in [5, 5.41) is 3.12. The molecule has 1 fully saturated rings. The molecule has 3 heteroatoms. The summed E-state index contributed by atoms with van der Waals surface area (Å²) in [5.74, 6) is 2.35. The fraction of sp³-hybridized carbons (Fsp3) is 0.583. The van der Waals surface area contributed by atoms with Crippen molar-refractivity contribution in [3.8, 4) is 5.75 Å². The zero-order chi connectivity index (χ0) is 10.8. The Hall–Kier alpha value is -1.25. The van der Waals surface area contributed by atoms with Crippen LogP contribution in [0.25, 0.3) is 0 Å². The summed E-state index contributed by atoms with van der Waals surface area (Å²) in [4.78, 5) is 4.32. The zero-order valence-electron chi connectivity index (χ0n) is 9.58. The quantitative estimate of drug-likeness (QED) is 0.822. The molecule has 0 saturated heterocycles. The van der Waals surface area contributed by atoms with E-state index in [4.69, 9.17) is 4.74 Å². The van der Waals surface area contributed by atoms with Crippen LogP contribution in [-0.2, 0) is 0 Å². The molecule has 1 saturated carbocycles. The van der Waals surface area contributed by atoms with Crippen LogP contribution in [0.1, 0.15) is 38.2 Å². The number of rotatable bonds is 4. The molecule has 0 radical (unpaired) electrons. The SMILES string of the molecule is CNc1nccc(OC2CC2)c1C(C)C. The highest BCUT2D eigenvalue weighted by Crippen LogP contribution is 2.35. The maximum absolute atomic E-state index is 5.88. The monoisotopic (exact) mass is 206 g/mol. The fourth-order valence-electron chi connectivity index (χ4n) is 1.68. The lowest BCUT2D eigenvalue weighted by molar-refractivity contribution is 0.299. The highest BCUT2D eigenvalue weighted by Gasteiger charge is 2.25. The number of ether oxygens (including phenoxy) is 1. The van der Waals surface area contributed by atoms with Crippen LogP contribution in [-0.4, -0.2) is 18.1 Å². The van der Waals surface area contributed by atoms with Crippen molar-refractivity contribution < 1.29 is 4.74 Å². The van der Waals surface area contributed by atoms with Crippen LogP contribution in [0.5, 0.6) is 5.75 Å². The predicted molar refractivity (Wildman–Crippen MR) is 61.5 cm³/mol. The van der Waals surface area contributed by atoms with Crippen LogP contribution in [0.3, 0.4) is 0 Å². The van der Waals surface area contributed by atoms with Crippen molar-refractivity contribution in [1.82, 2.24) is 4.98 Å². The van der Waals surface area contributed by atoms with Gasteiger partial charge in [-0.1, -0.05) is 13.8 Å².